The van der Waals surface area contributed by atoms with Gasteiger partial charge in [0.2, 0.25) is 0 Å². The van der Waals surface area contributed by atoms with Gasteiger partial charge >= 0.3 is 5.97 Å². The molecule has 1 unspecified atom stereocenters. The molecule has 1 rings (SSSR count). The van der Waals surface area contributed by atoms with Crippen molar-refractivity contribution < 1.29 is 9.53 Å². The maximum atomic E-state index is 11.2. The number of halogens is 2. The average molecular weight is 362 g/mol. The fourth-order valence-electron chi connectivity index (χ4n) is 1.17. The number of nitrogens with one attached hydrogen (secondary N) is 1. The van der Waals surface area contributed by atoms with Crippen molar-refractivity contribution in [3.63, 3.8) is 0 Å². The Morgan fingerprint density at radius 1 is 1.65 bits per heavy atom. The predicted octanol–water partition coefficient (Wildman–Crippen LogP) is 2.67. The summed E-state index contributed by atoms with van der Waals surface area (Å²) in [5.74, 6) is -0.354. The fraction of sp³-hybridized carbons (Fsp3) is 0.273. The summed E-state index contributed by atoms with van der Waals surface area (Å²) >= 11 is 6.48. The highest BCUT2D eigenvalue weighted by Gasteiger charge is 2.15. The molecule has 0 heterocycles. The quantitative estimate of drug-likeness (QED) is 0.661. The number of ether oxygens (including phenoxy) is 1. The van der Waals surface area contributed by atoms with Crippen LogP contribution < -0.4 is 5.32 Å². The third-order valence-electron chi connectivity index (χ3n) is 2.03. The number of hydrogen-bond acceptors (Lipinski definition) is 4. The molecule has 0 aliphatic rings. The lowest BCUT2D eigenvalue weighted by atomic mass is 10.2. The van der Waals surface area contributed by atoms with Crippen LogP contribution in [0.1, 0.15) is 5.56 Å². The molecular weight excluding hydrogens is 352 g/mol. The van der Waals surface area contributed by atoms with Gasteiger partial charge in [-0.25, -0.2) is 0 Å². The van der Waals surface area contributed by atoms with Gasteiger partial charge in [0.05, 0.1) is 18.4 Å². The van der Waals surface area contributed by atoms with E-state index in [0.29, 0.717) is 17.8 Å². The molecule has 1 aromatic rings. The Bertz CT molecular complexity index is 457. The van der Waals surface area contributed by atoms with E-state index in [9.17, 15) is 4.79 Å². The lowest BCUT2D eigenvalue weighted by Gasteiger charge is -2.11. The van der Waals surface area contributed by atoms with E-state index in [1.165, 1.54) is 7.11 Å². The van der Waals surface area contributed by atoms with Gasteiger partial charge in [-0.2, -0.15) is 5.26 Å². The Morgan fingerprint density at radius 2 is 2.35 bits per heavy atom. The lowest BCUT2D eigenvalue weighted by Crippen LogP contribution is -2.24. The second-order valence-electron chi connectivity index (χ2n) is 3.17. The molecule has 0 radical (unpaired) electrons. The molecule has 0 aromatic heterocycles. The number of hydrogen-bond donors (Lipinski definition) is 1. The molecule has 0 aliphatic heterocycles. The van der Waals surface area contributed by atoms with Crippen molar-refractivity contribution in [2.24, 2.45) is 0 Å². The number of nitriles is 1. The minimum Gasteiger partial charge on any atom is -0.468 e. The van der Waals surface area contributed by atoms with Gasteiger partial charge in [-0.15, -0.1) is 0 Å². The minimum atomic E-state index is -0.442. The Hall–Kier alpha value is -1.06. The van der Waals surface area contributed by atoms with Crippen molar-refractivity contribution in [1.82, 2.24) is 0 Å². The monoisotopic (exact) mass is 360 g/mol. The Balaban J connectivity index is 2.70. The summed E-state index contributed by atoms with van der Waals surface area (Å²) in [6, 6.07) is 7.39. The number of esters is 1. The number of nitrogens with zero attached hydrogens (tertiary/aromatic N) is 1. The van der Waals surface area contributed by atoms with Crippen LogP contribution in [0.2, 0.25) is 0 Å². The molecule has 1 aromatic carbocycles. The number of carbonyl (C=O) groups is 1. The molecule has 0 bridgehead atoms. The topological polar surface area (TPSA) is 62.1 Å². The van der Waals surface area contributed by atoms with Crippen LogP contribution in [0.4, 0.5) is 5.69 Å². The number of benzene rings is 1. The van der Waals surface area contributed by atoms with Crippen molar-refractivity contribution in [3.8, 4) is 6.07 Å². The first-order chi connectivity index (χ1) is 8.08. The molecule has 90 valence electrons. The zero-order valence-electron chi connectivity index (χ0n) is 9.04. The van der Waals surface area contributed by atoms with Crippen molar-refractivity contribution in [1.29, 1.82) is 5.26 Å². The Labute approximate surface area is 116 Å². The van der Waals surface area contributed by atoms with Crippen LogP contribution in [0, 0.1) is 11.3 Å². The minimum absolute atomic E-state index is 0.350. The van der Waals surface area contributed by atoms with Gasteiger partial charge in [-0.1, -0.05) is 31.9 Å². The zero-order valence-corrected chi connectivity index (χ0v) is 12.2. The Morgan fingerprint density at radius 3 is 2.94 bits per heavy atom. The van der Waals surface area contributed by atoms with E-state index in [-0.39, 0.29) is 5.97 Å². The van der Waals surface area contributed by atoms with Crippen LogP contribution in [0.15, 0.2) is 22.7 Å². The highest BCUT2D eigenvalue weighted by Crippen LogP contribution is 2.20. The van der Waals surface area contributed by atoms with Crippen molar-refractivity contribution >= 4 is 43.5 Å². The molecule has 1 atom stereocenters. The normalized spacial score (nSPS) is 11.4. The molecule has 0 spiro atoms. The lowest BCUT2D eigenvalue weighted by molar-refractivity contribution is -0.139. The van der Waals surface area contributed by atoms with Crippen molar-refractivity contribution in [2.45, 2.75) is 4.83 Å². The number of anilines is 1. The van der Waals surface area contributed by atoms with Crippen LogP contribution in [0.5, 0.6) is 0 Å². The van der Waals surface area contributed by atoms with E-state index in [1.54, 1.807) is 12.1 Å². The summed E-state index contributed by atoms with van der Waals surface area (Å²) in [6.45, 7) is 0.350. The third-order valence-corrected chi connectivity index (χ3v) is 3.22. The summed E-state index contributed by atoms with van der Waals surface area (Å²) in [7, 11) is 1.33. The summed E-state index contributed by atoms with van der Waals surface area (Å²) in [5, 5.41) is 12.0. The van der Waals surface area contributed by atoms with E-state index in [1.807, 2.05) is 6.07 Å². The average Bonchev–Trinajstić information content (AvgIpc) is 2.35. The van der Waals surface area contributed by atoms with E-state index >= 15 is 0 Å². The van der Waals surface area contributed by atoms with Crippen molar-refractivity contribution in [3.05, 3.63) is 28.2 Å². The fourth-order valence-corrected chi connectivity index (χ4v) is 1.88. The van der Waals surface area contributed by atoms with E-state index in [0.717, 1.165) is 4.47 Å². The molecule has 6 heteroatoms. The molecule has 4 nitrogen and oxygen atoms in total. The van der Waals surface area contributed by atoms with Crippen LogP contribution in [0.3, 0.4) is 0 Å². The highest BCUT2D eigenvalue weighted by molar-refractivity contribution is 9.10. The second kappa shape index (κ2) is 6.62. The van der Waals surface area contributed by atoms with Gasteiger partial charge in [-0.05, 0) is 18.2 Å². The number of rotatable bonds is 4. The first kappa shape index (κ1) is 14.0. The smallest absolute Gasteiger partial charge is 0.321 e. The molecular formula is C11H10Br2N2O2. The molecule has 0 saturated heterocycles. The van der Waals surface area contributed by atoms with Crippen LogP contribution in [0.25, 0.3) is 0 Å². The van der Waals surface area contributed by atoms with Crippen molar-refractivity contribution in [2.75, 3.05) is 19.0 Å². The summed E-state index contributed by atoms with van der Waals surface area (Å²) < 4.78 is 5.41. The third kappa shape index (κ3) is 4.02. The van der Waals surface area contributed by atoms with Gasteiger partial charge in [0.15, 0.2) is 0 Å². The SMILES string of the molecule is COC(=O)C(Br)CNc1ccc(Br)cc1C#N. The molecule has 0 aliphatic carbocycles. The molecule has 0 amide bonds. The molecule has 1 N–H and O–H groups in total. The van der Waals surface area contributed by atoms with Crippen LogP contribution in [-0.2, 0) is 9.53 Å². The van der Waals surface area contributed by atoms with E-state index in [2.05, 4.69) is 48.0 Å². The maximum absolute atomic E-state index is 11.2. The summed E-state index contributed by atoms with van der Waals surface area (Å²) in [5.41, 5.74) is 1.20. The largest absolute Gasteiger partial charge is 0.468 e. The van der Waals surface area contributed by atoms with Crippen LogP contribution >= 0.6 is 31.9 Å². The first-order valence-electron chi connectivity index (χ1n) is 4.74. The van der Waals surface area contributed by atoms with Gasteiger partial charge in [0.25, 0.3) is 0 Å². The second-order valence-corrected chi connectivity index (χ2v) is 5.19. The van der Waals surface area contributed by atoms with Gasteiger partial charge in [0, 0.05) is 11.0 Å². The van der Waals surface area contributed by atoms with E-state index < -0.39 is 4.83 Å². The van der Waals surface area contributed by atoms with Gasteiger partial charge in [0.1, 0.15) is 10.9 Å². The highest BCUT2D eigenvalue weighted by atomic mass is 79.9. The number of alkyl halides is 1. The maximum Gasteiger partial charge on any atom is 0.321 e. The number of methoxy groups -OCH3 is 1. The van der Waals surface area contributed by atoms with Gasteiger partial charge in [-0.3, -0.25) is 4.79 Å². The zero-order chi connectivity index (χ0) is 12.8. The summed E-state index contributed by atoms with van der Waals surface area (Å²) in [6.07, 6.45) is 0. The molecule has 0 fully saturated rings. The molecule has 17 heavy (non-hydrogen) atoms. The Kier molecular flexibility index (Phi) is 5.45. The summed E-state index contributed by atoms with van der Waals surface area (Å²) in [4.78, 5) is 10.7. The predicted molar refractivity (Wildman–Crippen MR) is 72.1 cm³/mol. The standard InChI is InChI=1S/C11H10Br2N2O2/c1-17-11(16)9(13)6-15-10-3-2-8(12)4-7(10)5-14/h2-4,9,15H,6H2,1H3. The van der Waals surface area contributed by atoms with Crippen LogP contribution in [-0.4, -0.2) is 24.5 Å². The first-order valence-corrected chi connectivity index (χ1v) is 6.44. The molecule has 0 saturated carbocycles. The number of carbonyl (C=O) groups excluding carboxylic acids is 1. The van der Waals surface area contributed by atoms with E-state index in [4.69, 9.17) is 5.26 Å². The van der Waals surface area contributed by atoms with Gasteiger partial charge < -0.3 is 10.1 Å².